The molecule has 2 aromatic carbocycles. The number of amides is 2. The molecule has 0 saturated heterocycles. The molecule has 3 rings (SSSR count). The van der Waals surface area contributed by atoms with Gasteiger partial charge in [0, 0.05) is 17.1 Å². The molecule has 0 spiro atoms. The number of carbonyl (C=O) groups is 2. The highest BCUT2D eigenvalue weighted by atomic mass is 35.5. The standard InChI is InChI=1S/C22H22Cl2N4O5/c1-3-6-28(10-19-26-16-9-13(23)4-5-14(16)21(30)27-19)22(31)12-7-15(24)20(17(8-12)32-2)33-11-18(25)29/h4-5,7-9H,3,6,10-11H2,1-2H3,(H2,25,29)(H,26,27,30). The van der Waals surface area contributed by atoms with Crippen LogP contribution in [-0.4, -0.2) is 46.9 Å². The number of aromatic nitrogens is 2. The van der Waals surface area contributed by atoms with Gasteiger partial charge >= 0.3 is 0 Å². The second-order valence-corrected chi connectivity index (χ2v) is 7.99. The van der Waals surface area contributed by atoms with Crippen LogP contribution in [0.4, 0.5) is 0 Å². The van der Waals surface area contributed by atoms with Crippen LogP contribution < -0.4 is 20.8 Å². The molecule has 0 aliphatic heterocycles. The van der Waals surface area contributed by atoms with Gasteiger partial charge in [0.1, 0.15) is 5.82 Å². The van der Waals surface area contributed by atoms with Crippen molar-refractivity contribution in [2.24, 2.45) is 5.73 Å². The fourth-order valence-corrected chi connectivity index (χ4v) is 3.68. The van der Waals surface area contributed by atoms with Crippen LogP contribution in [0.15, 0.2) is 35.1 Å². The third-order valence-corrected chi connectivity index (χ3v) is 5.19. The predicted molar refractivity (Wildman–Crippen MR) is 125 cm³/mol. The van der Waals surface area contributed by atoms with E-state index >= 15 is 0 Å². The van der Waals surface area contributed by atoms with Crippen molar-refractivity contribution < 1.29 is 19.1 Å². The molecule has 0 atom stereocenters. The molecule has 0 fully saturated rings. The van der Waals surface area contributed by atoms with E-state index in [4.69, 9.17) is 38.4 Å². The lowest BCUT2D eigenvalue weighted by Gasteiger charge is -2.22. The summed E-state index contributed by atoms with van der Waals surface area (Å²) >= 11 is 12.3. The zero-order chi connectivity index (χ0) is 24.1. The molecule has 0 aliphatic carbocycles. The van der Waals surface area contributed by atoms with Gasteiger partial charge in [-0.25, -0.2) is 4.98 Å². The molecule has 9 nitrogen and oxygen atoms in total. The Morgan fingerprint density at radius 2 is 1.97 bits per heavy atom. The minimum atomic E-state index is -0.680. The van der Waals surface area contributed by atoms with Crippen molar-refractivity contribution in [3.63, 3.8) is 0 Å². The average molecular weight is 493 g/mol. The monoisotopic (exact) mass is 492 g/mol. The highest BCUT2D eigenvalue weighted by Crippen LogP contribution is 2.36. The number of nitrogens with one attached hydrogen (secondary N) is 1. The molecule has 0 bridgehead atoms. The van der Waals surface area contributed by atoms with Gasteiger partial charge in [0.2, 0.25) is 0 Å². The number of hydrogen-bond acceptors (Lipinski definition) is 6. The normalized spacial score (nSPS) is 10.8. The van der Waals surface area contributed by atoms with Crippen LogP contribution in [0, 0.1) is 0 Å². The number of fused-ring (bicyclic) bond motifs is 1. The lowest BCUT2D eigenvalue weighted by molar-refractivity contribution is -0.119. The Kier molecular flexibility index (Phi) is 7.78. The van der Waals surface area contributed by atoms with Crippen molar-refractivity contribution in [1.29, 1.82) is 0 Å². The molecule has 174 valence electrons. The highest BCUT2D eigenvalue weighted by molar-refractivity contribution is 6.32. The van der Waals surface area contributed by atoms with Gasteiger partial charge in [-0.15, -0.1) is 0 Å². The van der Waals surface area contributed by atoms with Crippen molar-refractivity contribution in [1.82, 2.24) is 14.9 Å². The first-order valence-electron chi connectivity index (χ1n) is 9.99. The summed E-state index contributed by atoms with van der Waals surface area (Å²) in [4.78, 5) is 45.5. The van der Waals surface area contributed by atoms with Crippen LogP contribution in [0.5, 0.6) is 11.5 Å². The number of carbonyl (C=O) groups excluding carboxylic acids is 2. The van der Waals surface area contributed by atoms with Gasteiger partial charge < -0.3 is 25.1 Å². The zero-order valence-electron chi connectivity index (χ0n) is 18.0. The highest BCUT2D eigenvalue weighted by Gasteiger charge is 2.21. The number of benzene rings is 2. The Bertz CT molecular complexity index is 1260. The van der Waals surface area contributed by atoms with Crippen LogP contribution in [0.1, 0.15) is 29.5 Å². The second-order valence-electron chi connectivity index (χ2n) is 7.15. The van der Waals surface area contributed by atoms with Gasteiger partial charge in [-0.05, 0) is 36.8 Å². The minimum absolute atomic E-state index is 0.0597. The predicted octanol–water partition coefficient (Wildman–Crippen LogP) is 3.16. The Hall–Kier alpha value is -3.30. The summed E-state index contributed by atoms with van der Waals surface area (Å²) in [5.41, 5.74) is 5.46. The molecule has 2 amide bonds. The first-order chi connectivity index (χ1) is 15.7. The van der Waals surface area contributed by atoms with Gasteiger partial charge in [0.05, 0.1) is 29.6 Å². The SMILES string of the molecule is CCCN(Cc1nc2cc(Cl)ccc2c(=O)[nH]1)C(=O)c1cc(Cl)c(OCC(N)=O)c(OC)c1. The van der Waals surface area contributed by atoms with Gasteiger partial charge in [-0.1, -0.05) is 30.1 Å². The third-order valence-electron chi connectivity index (χ3n) is 4.67. The van der Waals surface area contributed by atoms with E-state index in [1.54, 1.807) is 18.2 Å². The molecule has 3 aromatic rings. The van der Waals surface area contributed by atoms with E-state index in [0.29, 0.717) is 34.7 Å². The van der Waals surface area contributed by atoms with E-state index < -0.39 is 12.5 Å². The Morgan fingerprint density at radius 1 is 1.21 bits per heavy atom. The van der Waals surface area contributed by atoms with Crippen molar-refractivity contribution in [3.8, 4) is 11.5 Å². The van der Waals surface area contributed by atoms with Gasteiger partial charge in [0.15, 0.2) is 18.1 Å². The summed E-state index contributed by atoms with van der Waals surface area (Å²) in [6.07, 6.45) is 0.667. The first-order valence-corrected chi connectivity index (χ1v) is 10.8. The molecule has 0 radical (unpaired) electrons. The van der Waals surface area contributed by atoms with E-state index in [1.807, 2.05) is 6.92 Å². The molecule has 0 unspecified atom stereocenters. The maximum atomic E-state index is 13.3. The molecule has 0 aliphatic rings. The summed E-state index contributed by atoms with van der Waals surface area (Å²) in [6.45, 7) is 1.99. The number of methoxy groups -OCH3 is 1. The summed E-state index contributed by atoms with van der Waals surface area (Å²) in [6, 6.07) is 7.68. The van der Waals surface area contributed by atoms with Crippen LogP contribution in [-0.2, 0) is 11.3 Å². The molecule has 1 heterocycles. The maximum Gasteiger partial charge on any atom is 0.258 e. The molecular formula is C22H22Cl2N4O5. The average Bonchev–Trinajstić information content (AvgIpc) is 2.76. The number of aromatic amines is 1. The number of primary amides is 1. The summed E-state index contributed by atoms with van der Waals surface area (Å²) in [7, 11) is 1.38. The van der Waals surface area contributed by atoms with Gasteiger partial charge in [-0.3, -0.25) is 14.4 Å². The topological polar surface area (TPSA) is 128 Å². The van der Waals surface area contributed by atoms with E-state index in [0.717, 1.165) is 0 Å². The van der Waals surface area contributed by atoms with Crippen LogP contribution in [0.2, 0.25) is 10.0 Å². The number of nitrogens with zero attached hydrogens (tertiary/aromatic N) is 2. The molecule has 3 N–H and O–H groups in total. The second kappa shape index (κ2) is 10.5. The minimum Gasteiger partial charge on any atom is -0.493 e. The first kappa shape index (κ1) is 24.3. The Labute approximate surface area is 199 Å². The largest absolute Gasteiger partial charge is 0.493 e. The summed E-state index contributed by atoms with van der Waals surface area (Å²) in [5.74, 6) is -0.437. The molecule has 33 heavy (non-hydrogen) atoms. The van der Waals surface area contributed by atoms with E-state index in [9.17, 15) is 14.4 Å². The lowest BCUT2D eigenvalue weighted by Crippen LogP contribution is -2.33. The number of ether oxygens (including phenoxy) is 2. The van der Waals surface area contributed by atoms with E-state index in [1.165, 1.54) is 24.1 Å². The smallest absolute Gasteiger partial charge is 0.258 e. The van der Waals surface area contributed by atoms with Gasteiger partial charge in [0.25, 0.3) is 17.4 Å². The number of nitrogens with two attached hydrogens (primary N) is 1. The lowest BCUT2D eigenvalue weighted by atomic mass is 10.1. The fourth-order valence-electron chi connectivity index (χ4n) is 3.25. The van der Waals surface area contributed by atoms with E-state index in [2.05, 4.69) is 9.97 Å². The van der Waals surface area contributed by atoms with Gasteiger partial charge in [-0.2, -0.15) is 0 Å². The third kappa shape index (κ3) is 5.74. The molecule has 1 aromatic heterocycles. The number of rotatable bonds is 9. The van der Waals surface area contributed by atoms with Crippen molar-refractivity contribution >= 4 is 45.9 Å². The summed E-state index contributed by atoms with van der Waals surface area (Å²) in [5, 5.41) is 0.940. The molecule has 0 saturated carbocycles. The number of H-pyrrole nitrogens is 1. The van der Waals surface area contributed by atoms with Crippen LogP contribution in [0.25, 0.3) is 10.9 Å². The Balaban J connectivity index is 1.93. The molecule has 11 heteroatoms. The fraction of sp³-hybridized carbons (Fsp3) is 0.273. The van der Waals surface area contributed by atoms with Crippen LogP contribution >= 0.6 is 23.2 Å². The summed E-state index contributed by atoms with van der Waals surface area (Å²) < 4.78 is 10.6. The van der Waals surface area contributed by atoms with Crippen molar-refractivity contribution in [2.45, 2.75) is 19.9 Å². The molecular weight excluding hydrogens is 471 g/mol. The van der Waals surface area contributed by atoms with Crippen molar-refractivity contribution in [3.05, 3.63) is 62.1 Å². The number of hydrogen-bond donors (Lipinski definition) is 2. The quantitative estimate of drug-likeness (QED) is 0.472. The number of halogens is 2. The van der Waals surface area contributed by atoms with E-state index in [-0.39, 0.29) is 40.1 Å². The maximum absolute atomic E-state index is 13.3. The Morgan fingerprint density at radius 3 is 2.64 bits per heavy atom. The van der Waals surface area contributed by atoms with Crippen molar-refractivity contribution in [2.75, 3.05) is 20.3 Å². The zero-order valence-corrected chi connectivity index (χ0v) is 19.5. The van der Waals surface area contributed by atoms with Crippen LogP contribution in [0.3, 0.4) is 0 Å².